The zero-order valence-corrected chi connectivity index (χ0v) is 8.79. The molecule has 1 saturated carbocycles. The Balaban J connectivity index is 2.18. The molecule has 0 amide bonds. The highest BCUT2D eigenvalue weighted by molar-refractivity contribution is 5.07. The molecule has 0 radical (unpaired) electrons. The summed E-state index contributed by atoms with van der Waals surface area (Å²) in [4.78, 5) is 4.23. The van der Waals surface area contributed by atoms with Crippen LogP contribution in [-0.4, -0.2) is 10.1 Å². The minimum atomic E-state index is -0.335. The highest BCUT2D eigenvalue weighted by Gasteiger charge is 2.39. The van der Waals surface area contributed by atoms with Crippen LogP contribution in [0.5, 0.6) is 0 Å². The molecule has 14 heavy (non-hydrogen) atoms. The second-order valence-corrected chi connectivity index (χ2v) is 4.31. The van der Waals surface area contributed by atoms with Crippen molar-refractivity contribution in [2.45, 2.75) is 45.1 Å². The molecule has 0 bridgehead atoms. The van der Waals surface area contributed by atoms with E-state index in [0.29, 0.717) is 11.7 Å². The molecule has 0 aromatic carbocycles. The van der Waals surface area contributed by atoms with Crippen LogP contribution in [-0.2, 0) is 5.54 Å². The van der Waals surface area contributed by atoms with E-state index in [1.54, 1.807) is 6.92 Å². The number of nitrogens with zero attached hydrogens (tertiary/aromatic N) is 2. The zero-order valence-electron chi connectivity index (χ0n) is 8.79. The van der Waals surface area contributed by atoms with E-state index in [1.165, 1.54) is 12.8 Å². The first-order chi connectivity index (χ1) is 6.64. The van der Waals surface area contributed by atoms with Crippen LogP contribution < -0.4 is 5.73 Å². The van der Waals surface area contributed by atoms with Crippen LogP contribution in [0.4, 0.5) is 0 Å². The number of aryl methyl sites for hydroxylation is 1. The van der Waals surface area contributed by atoms with E-state index in [2.05, 4.69) is 17.1 Å². The summed E-state index contributed by atoms with van der Waals surface area (Å²) in [5.41, 5.74) is 5.94. The van der Waals surface area contributed by atoms with Crippen molar-refractivity contribution in [2.75, 3.05) is 0 Å². The van der Waals surface area contributed by atoms with Gasteiger partial charge in [-0.05, 0) is 25.2 Å². The standard InChI is InChI=1S/C10H17N3O/c1-3-8-4-5-10(11,6-8)9-12-7(2)14-13-9/h8H,3-6,11H2,1-2H3. The number of hydrogen-bond acceptors (Lipinski definition) is 4. The smallest absolute Gasteiger partial charge is 0.223 e. The van der Waals surface area contributed by atoms with Gasteiger partial charge in [0.2, 0.25) is 5.89 Å². The van der Waals surface area contributed by atoms with Gasteiger partial charge in [0.15, 0.2) is 5.82 Å². The number of aromatic nitrogens is 2. The van der Waals surface area contributed by atoms with Crippen molar-refractivity contribution in [3.63, 3.8) is 0 Å². The van der Waals surface area contributed by atoms with Gasteiger partial charge in [-0.2, -0.15) is 4.98 Å². The van der Waals surface area contributed by atoms with Crippen molar-refractivity contribution in [1.29, 1.82) is 0 Å². The van der Waals surface area contributed by atoms with Crippen LogP contribution in [0.25, 0.3) is 0 Å². The third-order valence-electron chi connectivity index (χ3n) is 3.20. The Hall–Kier alpha value is -0.900. The lowest BCUT2D eigenvalue weighted by molar-refractivity contribution is 0.349. The van der Waals surface area contributed by atoms with Crippen LogP contribution in [0, 0.1) is 12.8 Å². The van der Waals surface area contributed by atoms with E-state index in [0.717, 1.165) is 18.8 Å². The molecule has 2 unspecified atom stereocenters. The minimum absolute atomic E-state index is 0.335. The summed E-state index contributed by atoms with van der Waals surface area (Å²) in [5.74, 6) is 2.01. The number of hydrogen-bond donors (Lipinski definition) is 1. The van der Waals surface area contributed by atoms with E-state index in [1.807, 2.05) is 0 Å². The van der Waals surface area contributed by atoms with Crippen LogP contribution in [0.3, 0.4) is 0 Å². The summed E-state index contributed by atoms with van der Waals surface area (Å²) in [5, 5.41) is 3.93. The maximum Gasteiger partial charge on any atom is 0.223 e. The summed E-state index contributed by atoms with van der Waals surface area (Å²) < 4.78 is 4.97. The molecule has 4 heteroatoms. The molecule has 4 nitrogen and oxygen atoms in total. The molecule has 1 aliphatic rings. The molecule has 1 aromatic rings. The summed E-state index contributed by atoms with van der Waals surface area (Å²) in [6.07, 6.45) is 4.34. The third-order valence-corrected chi connectivity index (χ3v) is 3.20. The average Bonchev–Trinajstić information content (AvgIpc) is 2.73. The van der Waals surface area contributed by atoms with Crippen molar-refractivity contribution >= 4 is 0 Å². The van der Waals surface area contributed by atoms with Gasteiger partial charge < -0.3 is 10.3 Å². The molecule has 0 saturated heterocycles. The Morgan fingerprint density at radius 2 is 2.43 bits per heavy atom. The van der Waals surface area contributed by atoms with Crippen LogP contribution >= 0.6 is 0 Å². The Labute approximate surface area is 83.9 Å². The van der Waals surface area contributed by atoms with E-state index in [9.17, 15) is 0 Å². The second-order valence-electron chi connectivity index (χ2n) is 4.31. The van der Waals surface area contributed by atoms with Gasteiger partial charge in [0.05, 0.1) is 5.54 Å². The quantitative estimate of drug-likeness (QED) is 0.780. The fourth-order valence-corrected chi connectivity index (χ4v) is 2.23. The lowest BCUT2D eigenvalue weighted by Gasteiger charge is -2.19. The predicted molar refractivity (Wildman–Crippen MR) is 52.5 cm³/mol. The summed E-state index contributed by atoms with van der Waals surface area (Å²) in [6.45, 7) is 4.00. The van der Waals surface area contributed by atoms with Crippen LogP contribution in [0.15, 0.2) is 4.52 Å². The van der Waals surface area contributed by atoms with Gasteiger partial charge in [0, 0.05) is 6.92 Å². The SMILES string of the molecule is CCC1CCC(N)(c2noc(C)n2)C1. The Morgan fingerprint density at radius 1 is 1.64 bits per heavy atom. The summed E-state index contributed by atoms with van der Waals surface area (Å²) >= 11 is 0. The van der Waals surface area contributed by atoms with Crippen molar-refractivity contribution in [1.82, 2.24) is 10.1 Å². The van der Waals surface area contributed by atoms with Crippen LogP contribution in [0.2, 0.25) is 0 Å². The van der Waals surface area contributed by atoms with Gasteiger partial charge in [-0.25, -0.2) is 0 Å². The highest BCUT2D eigenvalue weighted by Crippen LogP contribution is 2.40. The molecular formula is C10H17N3O. The van der Waals surface area contributed by atoms with E-state index in [-0.39, 0.29) is 5.54 Å². The summed E-state index contributed by atoms with van der Waals surface area (Å²) in [6, 6.07) is 0. The largest absolute Gasteiger partial charge is 0.340 e. The fraction of sp³-hybridized carbons (Fsp3) is 0.800. The van der Waals surface area contributed by atoms with Crippen molar-refractivity contribution < 1.29 is 4.52 Å². The first-order valence-corrected chi connectivity index (χ1v) is 5.24. The van der Waals surface area contributed by atoms with Gasteiger partial charge in [-0.3, -0.25) is 0 Å². The Bertz CT molecular complexity index is 323. The number of nitrogens with two attached hydrogens (primary N) is 1. The maximum absolute atomic E-state index is 6.27. The monoisotopic (exact) mass is 195 g/mol. The van der Waals surface area contributed by atoms with Gasteiger partial charge in [-0.15, -0.1) is 0 Å². The summed E-state index contributed by atoms with van der Waals surface area (Å²) in [7, 11) is 0. The van der Waals surface area contributed by atoms with Crippen molar-refractivity contribution in [3.8, 4) is 0 Å². The van der Waals surface area contributed by atoms with Crippen molar-refractivity contribution in [3.05, 3.63) is 11.7 Å². The van der Waals surface area contributed by atoms with E-state index >= 15 is 0 Å². The first kappa shape index (κ1) is 9.65. The molecule has 1 heterocycles. The second kappa shape index (κ2) is 3.35. The Kier molecular flexibility index (Phi) is 2.31. The van der Waals surface area contributed by atoms with Gasteiger partial charge in [0.1, 0.15) is 0 Å². The Morgan fingerprint density at radius 3 is 2.93 bits per heavy atom. The van der Waals surface area contributed by atoms with E-state index < -0.39 is 0 Å². The molecule has 1 fully saturated rings. The van der Waals surface area contributed by atoms with Gasteiger partial charge in [0.25, 0.3) is 0 Å². The molecule has 2 atom stereocenters. The molecule has 2 rings (SSSR count). The molecule has 1 aromatic heterocycles. The normalized spacial score (nSPS) is 32.4. The fourth-order valence-electron chi connectivity index (χ4n) is 2.23. The van der Waals surface area contributed by atoms with E-state index in [4.69, 9.17) is 10.3 Å². The maximum atomic E-state index is 6.27. The molecule has 0 spiro atoms. The molecule has 78 valence electrons. The highest BCUT2D eigenvalue weighted by atomic mass is 16.5. The van der Waals surface area contributed by atoms with Gasteiger partial charge >= 0.3 is 0 Å². The van der Waals surface area contributed by atoms with Crippen LogP contribution in [0.1, 0.15) is 44.3 Å². The zero-order chi connectivity index (χ0) is 10.2. The van der Waals surface area contributed by atoms with Crippen molar-refractivity contribution in [2.24, 2.45) is 11.7 Å². The average molecular weight is 195 g/mol. The predicted octanol–water partition coefficient (Wildman–Crippen LogP) is 1.74. The molecule has 2 N–H and O–H groups in total. The number of rotatable bonds is 2. The molecular weight excluding hydrogens is 178 g/mol. The molecule has 0 aliphatic heterocycles. The minimum Gasteiger partial charge on any atom is -0.340 e. The van der Waals surface area contributed by atoms with Gasteiger partial charge in [-0.1, -0.05) is 18.5 Å². The topological polar surface area (TPSA) is 64.9 Å². The molecule has 1 aliphatic carbocycles. The lowest BCUT2D eigenvalue weighted by atomic mass is 9.95. The third kappa shape index (κ3) is 1.54. The first-order valence-electron chi connectivity index (χ1n) is 5.24. The lowest BCUT2D eigenvalue weighted by Crippen LogP contribution is -2.35.